The lowest BCUT2D eigenvalue weighted by Crippen LogP contribution is -2.30. The SMILES string of the molecule is CCc1cc(CC(=O)NCC(=O)O)ccc1OC. The van der Waals surface area contributed by atoms with E-state index in [0.717, 1.165) is 23.3 Å². The van der Waals surface area contributed by atoms with Gasteiger partial charge in [-0.3, -0.25) is 9.59 Å². The summed E-state index contributed by atoms with van der Waals surface area (Å²) < 4.78 is 5.20. The number of nitrogens with one attached hydrogen (secondary N) is 1. The molecule has 0 aliphatic rings. The number of carbonyl (C=O) groups is 2. The van der Waals surface area contributed by atoms with Crippen molar-refractivity contribution in [3.63, 3.8) is 0 Å². The number of aryl methyl sites for hydroxylation is 1. The lowest BCUT2D eigenvalue weighted by Gasteiger charge is -2.09. The smallest absolute Gasteiger partial charge is 0.322 e. The summed E-state index contributed by atoms with van der Waals surface area (Å²) in [6.45, 7) is 1.65. The van der Waals surface area contributed by atoms with Gasteiger partial charge < -0.3 is 15.2 Å². The standard InChI is InChI=1S/C13H17NO4/c1-3-10-6-9(4-5-11(10)18-2)7-12(15)14-8-13(16)17/h4-6H,3,7-8H2,1-2H3,(H,14,15)(H,16,17). The third kappa shape index (κ3) is 4.08. The number of hydrogen-bond acceptors (Lipinski definition) is 3. The third-order valence-corrected chi connectivity index (χ3v) is 2.53. The van der Waals surface area contributed by atoms with E-state index in [4.69, 9.17) is 9.84 Å². The first-order valence-corrected chi connectivity index (χ1v) is 5.71. The van der Waals surface area contributed by atoms with Crippen LogP contribution in [0, 0.1) is 0 Å². The van der Waals surface area contributed by atoms with E-state index in [1.807, 2.05) is 19.1 Å². The summed E-state index contributed by atoms with van der Waals surface area (Å²) >= 11 is 0. The van der Waals surface area contributed by atoms with Crippen LogP contribution in [0.25, 0.3) is 0 Å². The predicted molar refractivity (Wildman–Crippen MR) is 66.7 cm³/mol. The second kappa shape index (κ2) is 6.64. The molecule has 0 bridgehead atoms. The van der Waals surface area contributed by atoms with Crippen molar-refractivity contribution in [1.82, 2.24) is 5.32 Å². The van der Waals surface area contributed by atoms with Gasteiger partial charge in [0.05, 0.1) is 13.5 Å². The van der Waals surface area contributed by atoms with Gasteiger partial charge in [0.2, 0.25) is 5.91 Å². The number of benzene rings is 1. The maximum Gasteiger partial charge on any atom is 0.322 e. The average molecular weight is 251 g/mol. The van der Waals surface area contributed by atoms with E-state index in [2.05, 4.69) is 5.32 Å². The third-order valence-electron chi connectivity index (χ3n) is 2.53. The van der Waals surface area contributed by atoms with Gasteiger partial charge in [0.25, 0.3) is 0 Å². The number of methoxy groups -OCH3 is 1. The van der Waals surface area contributed by atoms with Gasteiger partial charge >= 0.3 is 5.97 Å². The van der Waals surface area contributed by atoms with Crippen LogP contribution in [0.1, 0.15) is 18.1 Å². The van der Waals surface area contributed by atoms with Crippen molar-refractivity contribution in [2.45, 2.75) is 19.8 Å². The highest BCUT2D eigenvalue weighted by atomic mass is 16.5. The minimum atomic E-state index is -1.05. The molecule has 0 spiro atoms. The van der Waals surface area contributed by atoms with E-state index in [1.165, 1.54) is 0 Å². The molecular formula is C13H17NO4. The summed E-state index contributed by atoms with van der Waals surface area (Å²) in [5, 5.41) is 10.8. The predicted octanol–water partition coefficient (Wildman–Crippen LogP) is 1.00. The molecule has 0 aromatic heterocycles. The van der Waals surface area contributed by atoms with Crippen molar-refractivity contribution in [2.75, 3.05) is 13.7 Å². The highest BCUT2D eigenvalue weighted by Crippen LogP contribution is 2.20. The first kappa shape index (κ1) is 14.0. The van der Waals surface area contributed by atoms with Crippen LogP contribution in [0.15, 0.2) is 18.2 Å². The normalized spacial score (nSPS) is 9.89. The van der Waals surface area contributed by atoms with Crippen molar-refractivity contribution >= 4 is 11.9 Å². The van der Waals surface area contributed by atoms with Crippen LogP contribution in [-0.4, -0.2) is 30.6 Å². The Morgan fingerprint density at radius 1 is 1.39 bits per heavy atom. The minimum absolute atomic E-state index is 0.171. The van der Waals surface area contributed by atoms with Gasteiger partial charge in [-0.05, 0) is 23.6 Å². The fraction of sp³-hybridized carbons (Fsp3) is 0.385. The van der Waals surface area contributed by atoms with Gasteiger partial charge in [-0.2, -0.15) is 0 Å². The lowest BCUT2D eigenvalue weighted by atomic mass is 10.0. The number of carbonyl (C=O) groups excluding carboxylic acids is 1. The summed E-state index contributed by atoms with van der Waals surface area (Å²) in [4.78, 5) is 21.8. The lowest BCUT2D eigenvalue weighted by molar-refractivity contribution is -0.137. The van der Waals surface area contributed by atoms with Crippen molar-refractivity contribution in [1.29, 1.82) is 0 Å². The van der Waals surface area contributed by atoms with Gasteiger partial charge in [0, 0.05) is 0 Å². The van der Waals surface area contributed by atoms with Crippen LogP contribution < -0.4 is 10.1 Å². The van der Waals surface area contributed by atoms with Crippen molar-refractivity contribution < 1.29 is 19.4 Å². The maximum absolute atomic E-state index is 11.5. The van der Waals surface area contributed by atoms with Gasteiger partial charge in [-0.15, -0.1) is 0 Å². The number of aliphatic carboxylic acids is 1. The van der Waals surface area contributed by atoms with E-state index in [-0.39, 0.29) is 18.9 Å². The maximum atomic E-state index is 11.5. The summed E-state index contributed by atoms with van der Waals surface area (Å²) in [5.41, 5.74) is 1.87. The monoisotopic (exact) mass is 251 g/mol. The van der Waals surface area contributed by atoms with Crippen LogP contribution >= 0.6 is 0 Å². The molecule has 0 aliphatic carbocycles. The molecule has 0 atom stereocenters. The number of hydrogen-bond donors (Lipinski definition) is 2. The quantitative estimate of drug-likeness (QED) is 0.791. The molecule has 0 saturated carbocycles. The molecule has 0 aliphatic heterocycles. The fourth-order valence-corrected chi connectivity index (χ4v) is 1.64. The molecule has 1 amide bonds. The van der Waals surface area contributed by atoms with Crippen LogP contribution in [0.3, 0.4) is 0 Å². The number of amides is 1. The molecule has 0 heterocycles. The average Bonchev–Trinajstić information content (AvgIpc) is 2.36. The number of carboxylic acids is 1. The van der Waals surface area contributed by atoms with Crippen molar-refractivity contribution in [3.05, 3.63) is 29.3 Å². The Bertz CT molecular complexity index is 443. The van der Waals surface area contributed by atoms with Gasteiger partial charge in [-0.1, -0.05) is 19.1 Å². The highest BCUT2D eigenvalue weighted by molar-refractivity contribution is 5.82. The zero-order chi connectivity index (χ0) is 13.5. The van der Waals surface area contributed by atoms with E-state index in [0.29, 0.717) is 0 Å². The van der Waals surface area contributed by atoms with Crippen molar-refractivity contribution in [3.8, 4) is 5.75 Å². The first-order chi connectivity index (χ1) is 8.56. The second-order valence-corrected chi connectivity index (χ2v) is 3.85. The molecular weight excluding hydrogens is 234 g/mol. The van der Waals surface area contributed by atoms with Gasteiger partial charge in [0.15, 0.2) is 0 Å². The van der Waals surface area contributed by atoms with E-state index in [1.54, 1.807) is 13.2 Å². The largest absolute Gasteiger partial charge is 0.496 e. The Morgan fingerprint density at radius 2 is 2.11 bits per heavy atom. The number of carboxylic acid groups (broad SMARTS) is 1. The topological polar surface area (TPSA) is 75.6 Å². The first-order valence-electron chi connectivity index (χ1n) is 5.71. The molecule has 5 nitrogen and oxygen atoms in total. The van der Waals surface area contributed by atoms with Crippen LogP contribution in [0.2, 0.25) is 0 Å². The Labute approximate surface area is 106 Å². The Balaban J connectivity index is 2.67. The Morgan fingerprint density at radius 3 is 2.67 bits per heavy atom. The second-order valence-electron chi connectivity index (χ2n) is 3.85. The molecule has 0 saturated heterocycles. The summed E-state index contributed by atoms with van der Waals surface area (Å²) in [5.74, 6) is -0.552. The summed E-state index contributed by atoms with van der Waals surface area (Å²) in [7, 11) is 1.60. The Kier molecular flexibility index (Phi) is 5.17. The van der Waals surface area contributed by atoms with Gasteiger partial charge in [0.1, 0.15) is 12.3 Å². The van der Waals surface area contributed by atoms with Crippen LogP contribution in [0.4, 0.5) is 0 Å². The molecule has 18 heavy (non-hydrogen) atoms. The molecule has 2 N–H and O–H groups in total. The van der Waals surface area contributed by atoms with E-state index < -0.39 is 5.97 Å². The molecule has 0 unspecified atom stereocenters. The van der Waals surface area contributed by atoms with E-state index in [9.17, 15) is 9.59 Å². The minimum Gasteiger partial charge on any atom is -0.496 e. The zero-order valence-corrected chi connectivity index (χ0v) is 10.5. The summed E-state index contributed by atoms with van der Waals surface area (Å²) in [6.07, 6.45) is 0.984. The highest BCUT2D eigenvalue weighted by Gasteiger charge is 2.08. The zero-order valence-electron chi connectivity index (χ0n) is 10.5. The van der Waals surface area contributed by atoms with Crippen LogP contribution in [-0.2, 0) is 22.4 Å². The summed E-state index contributed by atoms with van der Waals surface area (Å²) in [6, 6.07) is 5.52. The molecule has 98 valence electrons. The van der Waals surface area contributed by atoms with E-state index >= 15 is 0 Å². The number of rotatable bonds is 6. The van der Waals surface area contributed by atoms with Crippen molar-refractivity contribution in [2.24, 2.45) is 0 Å². The Hall–Kier alpha value is -2.04. The molecule has 1 aromatic carbocycles. The molecule has 0 fully saturated rings. The molecule has 1 rings (SSSR count). The molecule has 5 heteroatoms. The molecule has 1 aromatic rings. The number of ether oxygens (including phenoxy) is 1. The fourth-order valence-electron chi connectivity index (χ4n) is 1.64. The van der Waals surface area contributed by atoms with Crippen LogP contribution in [0.5, 0.6) is 5.75 Å². The molecule has 0 radical (unpaired) electrons. The van der Waals surface area contributed by atoms with Gasteiger partial charge in [-0.25, -0.2) is 0 Å².